The number of carbonyl (C=O) groups excluding carboxylic acids is 2. The van der Waals surface area contributed by atoms with E-state index in [9.17, 15) is 14.4 Å². The minimum Gasteiger partial charge on any atom is -0.480 e. The Morgan fingerprint density at radius 1 is 1.28 bits per heavy atom. The minimum atomic E-state index is -0.971. The van der Waals surface area contributed by atoms with Crippen molar-refractivity contribution in [1.29, 1.82) is 0 Å². The molecule has 0 aromatic heterocycles. The molecule has 100 valence electrons. The third-order valence-corrected chi connectivity index (χ3v) is 3.51. The van der Waals surface area contributed by atoms with Crippen LogP contribution in [0.3, 0.4) is 0 Å². The Balaban J connectivity index is 2.03. The van der Waals surface area contributed by atoms with Gasteiger partial charge in [0.05, 0.1) is 0 Å². The van der Waals surface area contributed by atoms with E-state index in [0.717, 1.165) is 0 Å². The van der Waals surface area contributed by atoms with Gasteiger partial charge in [-0.05, 0) is 12.8 Å². The maximum absolute atomic E-state index is 12.2. The summed E-state index contributed by atoms with van der Waals surface area (Å²) >= 11 is 0. The minimum absolute atomic E-state index is 0.0399. The molecule has 7 nitrogen and oxygen atoms in total. The number of rotatable bonds is 1. The van der Waals surface area contributed by atoms with Gasteiger partial charge in [-0.15, -0.1) is 0 Å². The van der Waals surface area contributed by atoms with Crippen LogP contribution in [0.25, 0.3) is 0 Å². The molecule has 0 saturated carbocycles. The number of amides is 3. The highest BCUT2D eigenvalue weighted by atomic mass is 16.4. The van der Waals surface area contributed by atoms with Crippen molar-refractivity contribution in [3.8, 4) is 0 Å². The molecule has 2 fully saturated rings. The summed E-state index contributed by atoms with van der Waals surface area (Å²) in [5.41, 5.74) is 0. The fourth-order valence-electron chi connectivity index (χ4n) is 2.36. The zero-order valence-electron chi connectivity index (χ0n) is 10.3. The number of carboxylic acids is 1. The average Bonchev–Trinajstić information content (AvgIpc) is 2.81. The SMILES string of the molecule is CN1CCN(C(=O)N2CCCC2C(=O)O)CC1=O. The van der Waals surface area contributed by atoms with Gasteiger partial charge < -0.3 is 19.8 Å². The van der Waals surface area contributed by atoms with Gasteiger partial charge in [0, 0.05) is 26.7 Å². The standard InChI is InChI=1S/C11H17N3O4/c1-12-5-6-13(7-9(12)15)11(18)14-4-2-3-8(14)10(16)17/h8H,2-7H2,1H3,(H,16,17). The smallest absolute Gasteiger partial charge is 0.326 e. The summed E-state index contributed by atoms with van der Waals surface area (Å²) in [5.74, 6) is -1.08. The van der Waals surface area contributed by atoms with Gasteiger partial charge in [-0.25, -0.2) is 9.59 Å². The second-order valence-corrected chi connectivity index (χ2v) is 4.71. The van der Waals surface area contributed by atoms with Crippen LogP contribution in [0.1, 0.15) is 12.8 Å². The molecule has 0 bridgehead atoms. The maximum atomic E-state index is 12.2. The van der Waals surface area contributed by atoms with Crippen LogP contribution in [0, 0.1) is 0 Å². The molecule has 7 heteroatoms. The van der Waals surface area contributed by atoms with Crippen molar-refractivity contribution < 1.29 is 19.5 Å². The van der Waals surface area contributed by atoms with Crippen molar-refractivity contribution in [2.45, 2.75) is 18.9 Å². The lowest BCUT2D eigenvalue weighted by Crippen LogP contribution is -2.55. The normalized spacial score (nSPS) is 24.6. The van der Waals surface area contributed by atoms with Crippen LogP contribution >= 0.6 is 0 Å². The highest BCUT2D eigenvalue weighted by molar-refractivity contribution is 5.87. The van der Waals surface area contributed by atoms with Crippen molar-refractivity contribution >= 4 is 17.9 Å². The van der Waals surface area contributed by atoms with Gasteiger partial charge in [0.15, 0.2) is 0 Å². The molecule has 1 N–H and O–H groups in total. The van der Waals surface area contributed by atoms with Crippen molar-refractivity contribution in [3.63, 3.8) is 0 Å². The number of likely N-dealkylation sites (N-methyl/N-ethyl adjacent to an activating group) is 1. The molecule has 2 saturated heterocycles. The molecule has 3 amide bonds. The second kappa shape index (κ2) is 4.83. The van der Waals surface area contributed by atoms with Crippen LogP contribution in [0.5, 0.6) is 0 Å². The fourth-order valence-corrected chi connectivity index (χ4v) is 2.36. The Kier molecular flexibility index (Phi) is 3.40. The number of hydrogen-bond acceptors (Lipinski definition) is 3. The first-order chi connectivity index (χ1) is 8.50. The number of nitrogens with zero attached hydrogens (tertiary/aromatic N) is 3. The van der Waals surface area contributed by atoms with Crippen molar-refractivity contribution in [2.24, 2.45) is 0 Å². The number of hydrogen-bond donors (Lipinski definition) is 1. The summed E-state index contributed by atoms with van der Waals surface area (Å²) in [6.45, 7) is 1.45. The third kappa shape index (κ3) is 2.25. The lowest BCUT2D eigenvalue weighted by molar-refractivity contribution is -0.141. The van der Waals surface area contributed by atoms with Gasteiger partial charge in [-0.3, -0.25) is 4.79 Å². The maximum Gasteiger partial charge on any atom is 0.326 e. The quantitative estimate of drug-likeness (QED) is 0.680. The molecule has 0 spiro atoms. The van der Waals surface area contributed by atoms with E-state index in [1.165, 1.54) is 9.80 Å². The van der Waals surface area contributed by atoms with E-state index in [1.54, 1.807) is 11.9 Å². The Labute approximate surface area is 105 Å². The fraction of sp³-hybridized carbons (Fsp3) is 0.727. The molecule has 0 aliphatic carbocycles. The summed E-state index contributed by atoms with van der Waals surface area (Å²) in [4.78, 5) is 39.1. The molecule has 2 aliphatic heterocycles. The highest BCUT2D eigenvalue weighted by Crippen LogP contribution is 2.20. The van der Waals surface area contributed by atoms with E-state index in [2.05, 4.69) is 0 Å². The number of carboxylic acid groups (broad SMARTS) is 1. The molecule has 2 aliphatic rings. The molecular formula is C11H17N3O4. The van der Waals surface area contributed by atoms with Crippen LogP contribution in [0.4, 0.5) is 4.79 Å². The van der Waals surface area contributed by atoms with Crippen LogP contribution in [0.2, 0.25) is 0 Å². The van der Waals surface area contributed by atoms with E-state index in [-0.39, 0.29) is 18.5 Å². The summed E-state index contributed by atoms with van der Waals surface area (Å²) in [6, 6.07) is -1.08. The van der Waals surface area contributed by atoms with Gasteiger partial charge in [0.2, 0.25) is 5.91 Å². The average molecular weight is 255 g/mol. The molecule has 0 radical (unpaired) electrons. The number of aliphatic carboxylic acids is 1. The Morgan fingerprint density at radius 2 is 2.00 bits per heavy atom. The van der Waals surface area contributed by atoms with Crippen LogP contribution in [-0.4, -0.2) is 77.0 Å². The summed E-state index contributed by atoms with van der Waals surface area (Å²) < 4.78 is 0. The number of likely N-dealkylation sites (tertiary alicyclic amines) is 1. The number of carbonyl (C=O) groups is 3. The monoisotopic (exact) mass is 255 g/mol. The Morgan fingerprint density at radius 3 is 2.61 bits per heavy atom. The molecule has 2 rings (SSSR count). The van der Waals surface area contributed by atoms with Crippen molar-refractivity contribution in [1.82, 2.24) is 14.7 Å². The van der Waals surface area contributed by atoms with E-state index in [0.29, 0.717) is 32.5 Å². The first-order valence-electron chi connectivity index (χ1n) is 6.03. The predicted molar refractivity (Wildman–Crippen MR) is 62.0 cm³/mol. The molecular weight excluding hydrogens is 238 g/mol. The van der Waals surface area contributed by atoms with E-state index < -0.39 is 12.0 Å². The van der Waals surface area contributed by atoms with E-state index >= 15 is 0 Å². The first kappa shape index (κ1) is 12.7. The van der Waals surface area contributed by atoms with Gasteiger partial charge >= 0.3 is 12.0 Å². The molecule has 1 unspecified atom stereocenters. The topological polar surface area (TPSA) is 81.2 Å². The summed E-state index contributed by atoms with van der Waals surface area (Å²) in [6.07, 6.45) is 1.19. The molecule has 0 aromatic carbocycles. The van der Waals surface area contributed by atoms with Crippen LogP contribution < -0.4 is 0 Å². The van der Waals surface area contributed by atoms with Gasteiger partial charge in [0.1, 0.15) is 12.6 Å². The molecule has 2 heterocycles. The lowest BCUT2D eigenvalue weighted by Gasteiger charge is -2.35. The predicted octanol–water partition coefficient (Wildman–Crippen LogP) is -0.571. The molecule has 18 heavy (non-hydrogen) atoms. The second-order valence-electron chi connectivity index (χ2n) is 4.71. The van der Waals surface area contributed by atoms with Crippen LogP contribution in [-0.2, 0) is 9.59 Å². The molecule has 0 aromatic rings. The highest BCUT2D eigenvalue weighted by Gasteiger charge is 2.37. The number of piperazine rings is 1. The van der Waals surface area contributed by atoms with Crippen molar-refractivity contribution in [3.05, 3.63) is 0 Å². The van der Waals surface area contributed by atoms with Crippen LogP contribution in [0.15, 0.2) is 0 Å². The Hall–Kier alpha value is -1.79. The zero-order valence-corrected chi connectivity index (χ0v) is 10.3. The van der Waals surface area contributed by atoms with E-state index in [4.69, 9.17) is 5.11 Å². The Bertz CT molecular complexity index is 384. The summed E-state index contributed by atoms with van der Waals surface area (Å²) in [5, 5.41) is 9.04. The zero-order chi connectivity index (χ0) is 13.3. The summed E-state index contributed by atoms with van der Waals surface area (Å²) in [7, 11) is 1.69. The number of urea groups is 1. The van der Waals surface area contributed by atoms with Crippen molar-refractivity contribution in [2.75, 3.05) is 33.2 Å². The van der Waals surface area contributed by atoms with Gasteiger partial charge in [0.25, 0.3) is 0 Å². The molecule has 1 atom stereocenters. The lowest BCUT2D eigenvalue weighted by atomic mass is 10.2. The van der Waals surface area contributed by atoms with Gasteiger partial charge in [-0.2, -0.15) is 0 Å². The third-order valence-electron chi connectivity index (χ3n) is 3.51. The van der Waals surface area contributed by atoms with Gasteiger partial charge in [-0.1, -0.05) is 0 Å². The van der Waals surface area contributed by atoms with E-state index in [1.807, 2.05) is 0 Å². The first-order valence-corrected chi connectivity index (χ1v) is 6.03. The largest absolute Gasteiger partial charge is 0.480 e.